The summed E-state index contributed by atoms with van der Waals surface area (Å²) in [7, 11) is 0. The van der Waals surface area contributed by atoms with Gasteiger partial charge in [-0.2, -0.15) is 0 Å². The van der Waals surface area contributed by atoms with Gasteiger partial charge in [-0.25, -0.2) is 0 Å². The molecule has 0 radical (unpaired) electrons. The van der Waals surface area contributed by atoms with Crippen LogP contribution in [0.1, 0.15) is 19.8 Å². The van der Waals surface area contributed by atoms with Crippen LogP contribution in [-0.2, 0) is 4.79 Å². The molecule has 1 aliphatic rings. The highest BCUT2D eigenvalue weighted by Gasteiger charge is 2.21. The van der Waals surface area contributed by atoms with Gasteiger partial charge < -0.3 is 5.32 Å². The molecule has 0 heterocycles. The summed E-state index contributed by atoms with van der Waals surface area (Å²) < 4.78 is 0. The molecule has 1 aliphatic carbocycles. The van der Waals surface area contributed by atoms with E-state index in [1.54, 1.807) is 6.92 Å². The van der Waals surface area contributed by atoms with Crippen LogP contribution in [0, 0.1) is 0 Å². The molecule has 1 fully saturated rings. The Bertz CT molecular complexity index is 86.1. The van der Waals surface area contributed by atoms with E-state index in [1.807, 2.05) is 0 Å². The molecule has 0 aromatic heterocycles. The second-order valence-electron chi connectivity index (χ2n) is 1.97. The zero-order valence-corrected chi connectivity index (χ0v) is 4.40. The quantitative estimate of drug-likeness (QED) is 0.502. The summed E-state index contributed by atoms with van der Waals surface area (Å²) in [6, 6.07) is 0.525. The Balaban J connectivity index is 2.08. The molecule has 2 nitrogen and oxygen atoms in total. The van der Waals surface area contributed by atoms with Crippen LogP contribution in [0.2, 0.25) is 0 Å². The minimum Gasteiger partial charge on any atom is -0.354 e. The first-order valence-electron chi connectivity index (χ1n) is 2.56. The molecule has 1 N–H and O–H groups in total. The van der Waals surface area contributed by atoms with Crippen molar-refractivity contribution in [3.8, 4) is 0 Å². The standard InChI is InChI=1S/C5H9NO/c1-4(7)6-5-2-3-5/h5H,2-3H2,1H3,(H,6,7). The second kappa shape index (κ2) is 1.52. The van der Waals surface area contributed by atoms with E-state index in [1.165, 1.54) is 12.8 Å². The van der Waals surface area contributed by atoms with E-state index in [-0.39, 0.29) is 5.91 Å². The number of carbonyl (C=O) groups excluding carboxylic acids is 1. The number of rotatable bonds is 1. The van der Waals surface area contributed by atoms with E-state index in [9.17, 15) is 4.79 Å². The second-order valence-corrected chi connectivity index (χ2v) is 1.97. The largest absolute Gasteiger partial charge is 0.354 e. The normalized spacial score (nSPS) is 19.0. The Labute approximate surface area is 42.9 Å². The van der Waals surface area contributed by atoms with Gasteiger partial charge >= 0.3 is 0 Å². The Morgan fingerprint density at radius 2 is 2.29 bits per heavy atom. The molecule has 0 atom stereocenters. The molecule has 40 valence electrons. The average molecular weight is 99.1 g/mol. The van der Waals surface area contributed by atoms with Crippen molar-refractivity contribution in [3.63, 3.8) is 0 Å². The lowest BCUT2D eigenvalue weighted by molar-refractivity contribution is -0.119. The molecule has 1 amide bonds. The summed E-state index contributed by atoms with van der Waals surface area (Å²) in [4.78, 5) is 10.2. The maximum atomic E-state index is 10.2. The van der Waals surface area contributed by atoms with Crippen molar-refractivity contribution in [1.82, 2.24) is 5.32 Å². The van der Waals surface area contributed by atoms with Gasteiger partial charge in [-0.15, -0.1) is 0 Å². The van der Waals surface area contributed by atoms with Crippen LogP contribution >= 0.6 is 0 Å². The first-order chi connectivity index (χ1) is 3.29. The summed E-state index contributed by atoms with van der Waals surface area (Å²) in [5, 5.41) is 2.78. The minimum atomic E-state index is 0.0995. The van der Waals surface area contributed by atoms with Gasteiger partial charge in [-0.3, -0.25) is 4.79 Å². The minimum absolute atomic E-state index is 0.0995. The number of hydrogen-bond acceptors (Lipinski definition) is 1. The highest BCUT2D eigenvalue weighted by molar-refractivity contribution is 5.73. The SMILES string of the molecule is CC(=O)NC1CC1. The molecule has 0 bridgehead atoms. The van der Waals surface area contributed by atoms with Crippen molar-refractivity contribution < 1.29 is 4.79 Å². The van der Waals surface area contributed by atoms with E-state index in [0.717, 1.165) is 0 Å². The van der Waals surface area contributed by atoms with E-state index in [2.05, 4.69) is 5.32 Å². The fourth-order valence-corrected chi connectivity index (χ4v) is 0.515. The first-order valence-corrected chi connectivity index (χ1v) is 2.56. The van der Waals surface area contributed by atoms with Gasteiger partial charge in [0.1, 0.15) is 0 Å². The lowest BCUT2D eigenvalue weighted by atomic mass is 10.6. The van der Waals surface area contributed by atoms with E-state index >= 15 is 0 Å². The molecule has 2 heteroatoms. The van der Waals surface area contributed by atoms with E-state index < -0.39 is 0 Å². The predicted molar refractivity (Wildman–Crippen MR) is 26.8 cm³/mol. The third-order valence-electron chi connectivity index (χ3n) is 0.985. The Morgan fingerprint density at radius 1 is 1.71 bits per heavy atom. The molecule has 0 unspecified atom stereocenters. The van der Waals surface area contributed by atoms with Crippen molar-refractivity contribution in [2.24, 2.45) is 0 Å². The third kappa shape index (κ3) is 1.57. The third-order valence-corrected chi connectivity index (χ3v) is 0.985. The maximum absolute atomic E-state index is 10.2. The summed E-state index contributed by atoms with van der Waals surface area (Å²) in [6.45, 7) is 1.55. The van der Waals surface area contributed by atoms with Gasteiger partial charge in [0.2, 0.25) is 5.91 Å². The zero-order valence-electron chi connectivity index (χ0n) is 4.40. The van der Waals surface area contributed by atoms with Crippen LogP contribution in [-0.4, -0.2) is 11.9 Å². The monoisotopic (exact) mass is 99.1 g/mol. The Morgan fingerprint density at radius 3 is 2.43 bits per heavy atom. The van der Waals surface area contributed by atoms with Gasteiger partial charge in [0.25, 0.3) is 0 Å². The van der Waals surface area contributed by atoms with E-state index in [0.29, 0.717) is 6.04 Å². The molecule has 0 aliphatic heterocycles. The van der Waals surface area contributed by atoms with E-state index in [4.69, 9.17) is 0 Å². The summed E-state index contributed by atoms with van der Waals surface area (Å²) in [6.07, 6.45) is 2.36. The van der Waals surface area contributed by atoms with Crippen LogP contribution in [0.4, 0.5) is 0 Å². The number of hydrogen-bond donors (Lipinski definition) is 1. The van der Waals surface area contributed by atoms with Gasteiger partial charge in [0, 0.05) is 13.0 Å². The average Bonchev–Trinajstić information content (AvgIpc) is 2.17. The molecule has 0 aromatic carbocycles. The number of carbonyl (C=O) groups is 1. The molecule has 0 spiro atoms. The van der Waals surface area contributed by atoms with Crippen LogP contribution < -0.4 is 5.32 Å². The van der Waals surface area contributed by atoms with Gasteiger partial charge in [-0.1, -0.05) is 0 Å². The molecule has 1 saturated carbocycles. The van der Waals surface area contributed by atoms with Crippen molar-refractivity contribution >= 4 is 5.91 Å². The zero-order chi connectivity index (χ0) is 5.28. The van der Waals surface area contributed by atoms with Crippen molar-refractivity contribution in [3.05, 3.63) is 0 Å². The Kier molecular flexibility index (Phi) is 1.01. The fraction of sp³-hybridized carbons (Fsp3) is 0.800. The Hall–Kier alpha value is -0.530. The van der Waals surface area contributed by atoms with Crippen molar-refractivity contribution in [2.45, 2.75) is 25.8 Å². The van der Waals surface area contributed by atoms with Gasteiger partial charge in [0.05, 0.1) is 0 Å². The fourth-order valence-electron chi connectivity index (χ4n) is 0.515. The summed E-state index contributed by atoms with van der Waals surface area (Å²) in [5.41, 5.74) is 0. The number of amides is 1. The molecular weight excluding hydrogens is 90.1 g/mol. The lowest BCUT2D eigenvalue weighted by Gasteiger charge is -1.91. The van der Waals surface area contributed by atoms with Gasteiger partial charge in [-0.05, 0) is 12.8 Å². The van der Waals surface area contributed by atoms with Crippen LogP contribution in [0.5, 0.6) is 0 Å². The maximum Gasteiger partial charge on any atom is 0.217 e. The first kappa shape index (κ1) is 4.62. The molecular formula is C5H9NO. The van der Waals surface area contributed by atoms with Crippen molar-refractivity contribution in [2.75, 3.05) is 0 Å². The van der Waals surface area contributed by atoms with Crippen LogP contribution in [0.3, 0.4) is 0 Å². The summed E-state index contributed by atoms with van der Waals surface area (Å²) in [5.74, 6) is 0.0995. The molecule has 7 heavy (non-hydrogen) atoms. The predicted octanol–water partition coefficient (Wildman–Crippen LogP) is 0.285. The highest BCUT2D eigenvalue weighted by atomic mass is 16.1. The van der Waals surface area contributed by atoms with Crippen LogP contribution in [0.15, 0.2) is 0 Å². The van der Waals surface area contributed by atoms with Gasteiger partial charge in [0.15, 0.2) is 0 Å². The molecule has 0 aromatic rings. The topological polar surface area (TPSA) is 29.1 Å². The highest BCUT2D eigenvalue weighted by Crippen LogP contribution is 2.17. The van der Waals surface area contributed by atoms with Crippen molar-refractivity contribution in [1.29, 1.82) is 0 Å². The smallest absolute Gasteiger partial charge is 0.217 e. The molecule has 1 rings (SSSR count). The van der Waals surface area contributed by atoms with Crippen LogP contribution in [0.25, 0.3) is 0 Å². The lowest BCUT2D eigenvalue weighted by Crippen LogP contribution is -2.21. The number of nitrogens with one attached hydrogen (secondary N) is 1. The molecule has 0 saturated heterocycles. The summed E-state index contributed by atoms with van der Waals surface area (Å²) >= 11 is 0.